The zero-order valence-corrected chi connectivity index (χ0v) is 15.0. The van der Waals surface area contributed by atoms with Crippen LogP contribution in [-0.2, 0) is 7.05 Å². The fraction of sp³-hybridized carbons (Fsp3) is 0.300. The molecule has 3 heterocycles. The van der Waals surface area contributed by atoms with Gasteiger partial charge in [0.2, 0.25) is 0 Å². The van der Waals surface area contributed by atoms with Crippen molar-refractivity contribution in [2.75, 3.05) is 11.9 Å². The summed E-state index contributed by atoms with van der Waals surface area (Å²) in [6.07, 6.45) is 3.54. The topological polar surface area (TPSA) is 63.3 Å². The number of benzene rings is 1. The second kappa shape index (κ2) is 6.71. The third kappa shape index (κ3) is 2.87. The Balaban J connectivity index is 1.58. The van der Waals surface area contributed by atoms with Gasteiger partial charge in [0.1, 0.15) is 11.6 Å². The van der Waals surface area contributed by atoms with Crippen molar-refractivity contribution in [1.82, 2.24) is 14.7 Å². The van der Waals surface area contributed by atoms with Gasteiger partial charge in [-0.1, -0.05) is 30.3 Å². The summed E-state index contributed by atoms with van der Waals surface area (Å²) in [4.78, 5) is 14.7. The molecule has 1 fully saturated rings. The van der Waals surface area contributed by atoms with Crippen molar-refractivity contribution in [2.45, 2.75) is 25.8 Å². The van der Waals surface area contributed by atoms with Crippen LogP contribution < -0.4 is 5.32 Å². The van der Waals surface area contributed by atoms with Crippen LogP contribution in [0.25, 0.3) is 11.3 Å². The Morgan fingerprint density at radius 1 is 1.23 bits per heavy atom. The lowest BCUT2D eigenvalue weighted by molar-refractivity contribution is 0.199. The molecule has 26 heavy (non-hydrogen) atoms. The van der Waals surface area contributed by atoms with Crippen molar-refractivity contribution in [3.8, 4) is 11.3 Å². The Hall–Kier alpha value is -3.02. The molecule has 0 unspecified atom stereocenters. The van der Waals surface area contributed by atoms with Crippen molar-refractivity contribution in [3.63, 3.8) is 0 Å². The number of amides is 2. The van der Waals surface area contributed by atoms with Crippen LogP contribution in [0, 0.1) is 6.92 Å². The molecular formula is C20H22N4O2. The number of aryl methyl sites for hydroxylation is 1. The highest BCUT2D eigenvalue weighted by Crippen LogP contribution is 2.33. The molecule has 1 saturated heterocycles. The number of nitrogens with one attached hydrogen (secondary N) is 1. The molecule has 0 radical (unpaired) electrons. The van der Waals surface area contributed by atoms with Crippen LogP contribution in [0.1, 0.15) is 30.2 Å². The van der Waals surface area contributed by atoms with Gasteiger partial charge in [0.25, 0.3) is 0 Å². The van der Waals surface area contributed by atoms with E-state index in [0.717, 1.165) is 47.8 Å². The van der Waals surface area contributed by atoms with Crippen molar-refractivity contribution < 1.29 is 9.21 Å². The predicted molar refractivity (Wildman–Crippen MR) is 99.8 cm³/mol. The fourth-order valence-corrected chi connectivity index (χ4v) is 3.63. The number of rotatable bonds is 3. The minimum atomic E-state index is -0.116. The van der Waals surface area contributed by atoms with Crippen LogP contribution in [-0.4, -0.2) is 27.3 Å². The maximum atomic E-state index is 12.9. The molecule has 2 amide bonds. The van der Waals surface area contributed by atoms with Gasteiger partial charge >= 0.3 is 6.03 Å². The highest BCUT2D eigenvalue weighted by atomic mass is 16.3. The lowest BCUT2D eigenvalue weighted by Crippen LogP contribution is -2.35. The van der Waals surface area contributed by atoms with E-state index in [1.807, 2.05) is 61.3 Å². The van der Waals surface area contributed by atoms with Crippen LogP contribution in [0.4, 0.5) is 10.6 Å². The summed E-state index contributed by atoms with van der Waals surface area (Å²) in [7, 11) is 1.85. The highest BCUT2D eigenvalue weighted by Gasteiger charge is 2.32. The van der Waals surface area contributed by atoms with Crippen LogP contribution in [0.5, 0.6) is 0 Å². The predicted octanol–water partition coefficient (Wildman–Crippen LogP) is 4.36. The van der Waals surface area contributed by atoms with E-state index < -0.39 is 0 Å². The Morgan fingerprint density at radius 2 is 2.04 bits per heavy atom. The second-order valence-electron chi connectivity index (χ2n) is 6.61. The Labute approximate surface area is 152 Å². The minimum Gasteiger partial charge on any atom is -0.467 e. The van der Waals surface area contributed by atoms with E-state index in [2.05, 4.69) is 10.4 Å². The quantitative estimate of drug-likeness (QED) is 0.763. The number of aromatic nitrogens is 2. The Kier molecular flexibility index (Phi) is 4.24. The molecule has 1 aliphatic heterocycles. The molecular weight excluding hydrogens is 328 g/mol. The van der Waals surface area contributed by atoms with Crippen molar-refractivity contribution in [1.29, 1.82) is 0 Å². The summed E-state index contributed by atoms with van der Waals surface area (Å²) >= 11 is 0. The number of carbonyl (C=O) groups is 1. The van der Waals surface area contributed by atoms with E-state index in [1.54, 1.807) is 10.9 Å². The lowest BCUT2D eigenvalue weighted by atomic mass is 10.1. The first-order valence-electron chi connectivity index (χ1n) is 8.85. The van der Waals surface area contributed by atoms with E-state index in [-0.39, 0.29) is 12.1 Å². The number of likely N-dealkylation sites (tertiary alicyclic amines) is 1. The normalized spacial score (nSPS) is 16.8. The maximum Gasteiger partial charge on any atom is 0.323 e. The summed E-state index contributed by atoms with van der Waals surface area (Å²) < 4.78 is 7.25. The monoisotopic (exact) mass is 350 g/mol. The van der Waals surface area contributed by atoms with Gasteiger partial charge in [0, 0.05) is 24.7 Å². The lowest BCUT2D eigenvalue weighted by Gasteiger charge is -2.23. The Morgan fingerprint density at radius 3 is 2.77 bits per heavy atom. The van der Waals surface area contributed by atoms with E-state index in [4.69, 9.17) is 4.42 Å². The van der Waals surface area contributed by atoms with E-state index in [0.29, 0.717) is 0 Å². The average Bonchev–Trinajstić information content (AvgIpc) is 3.38. The number of carbonyl (C=O) groups excluding carboxylic acids is 1. The number of hydrogen-bond donors (Lipinski definition) is 1. The number of urea groups is 1. The van der Waals surface area contributed by atoms with Gasteiger partial charge < -0.3 is 9.32 Å². The number of furan rings is 1. The molecule has 4 rings (SSSR count). The number of anilines is 1. The summed E-state index contributed by atoms with van der Waals surface area (Å²) in [5, 5.41) is 7.64. The fourth-order valence-electron chi connectivity index (χ4n) is 3.63. The zero-order chi connectivity index (χ0) is 18.1. The van der Waals surface area contributed by atoms with Crippen LogP contribution in [0.15, 0.2) is 53.1 Å². The first-order chi connectivity index (χ1) is 12.6. The first kappa shape index (κ1) is 16.4. The van der Waals surface area contributed by atoms with E-state index in [9.17, 15) is 4.79 Å². The Bertz CT molecular complexity index is 900. The van der Waals surface area contributed by atoms with Gasteiger partial charge in [-0.2, -0.15) is 5.10 Å². The van der Waals surface area contributed by atoms with Gasteiger partial charge in [-0.15, -0.1) is 0 Å². The van der Waals surface area contributed by atoms with Gasteiger partial charge in [-0.3, -0.25) is 10.00 Å². The molecule has 1 atom stereocenters. The molecule has 0 saturated carbocycles. The number of nitrogens with zero attached hydrogens (tertiary/aromatic N) is 3. The minimum absolute atomic E-state index is 0.00729. The SMILES string of the molecule is Cc1c(-c2ccccc2)nn(C)c1NC(=O)N1CCC[C@@H]1c1ccco1. The van der Waals surface area contributed by atoms with Crippen LogP contribution >= 0.6 is 0 Å². The van der Waals surface area contributed by atoms with Gasteiger partial charge in [-0.25, -0.2) is 4.79 Å². The molecule has 6 heteroatoms. The van der Waals surface area contributed by atoms with Crippen molar-refractivity contribution in [2.24, 2.45) is 7.05 Å². The van der Waals surface area contributed by atoms with Crippen LogP contribution in [0.2, 0.25) is 0 Å². The van der Waals surface area contributed by atoms with E-state index in [1.165, 1.54) is 0 Å². The molecule has 1 N–H and O–H groups in total. The standard InChI is InChI=1S/C20H22N4O2/c1-14-18(15-8-4-3-5-9-15)22-23(2)19(14)21-20(25)24-12-6-10-16(24)17-11-7-13-26-17/h3-5,7-9,11,13,16H,6,10,12H2,1-2H3,(H,21,25)/t16-/m1/s1. The summed E-state index contributed by atoms with van der Waals surface area (Å²) in [6, 6.07) is 13.7. The summed E-state index contributed by atoms with van der Waals surface area (Å²) in [5.74, 6) is 1.56. The largest absolute Gasteiger partial charge is 0.467 e. The smallest absolute Gasteiger partial charge is 0.323 e. The maximum absolute atomic E-state index is 12.9. The van der Waals surface area contributed by atoms with Crippen molar-refractivity contribution >= 4 is 11.8 Å². The third-order valence-electron chi connectivity index (χ3n) is 4.94. The second-order valence-corrected chi connectivity index (χ2v) is 6.61. The van der Waals surface area contributed by atoms with E-state index >= 15 is 0 Å². The molecule has 134 valence electrons. The average molecular weight is 350 g/mol. The van der Waals surface area contributed by atoms with Crippen LogP contribution in [0.3, 0.4) is 0 Å². The first-order valence-corrected chi connectivity index (χ1v) is 8.85. The molecule has 3 aromatic rings. The van der Waals surface area contributed by atoms with Gasteiger partial charge in [0.05, 0.1) is 18.0 Å². The molecule has 0 spiro atoms. The molecule has 1 aromatic carbocycles. The van der Waals surface area contributed by atoms with Crippen molar-refractivity contribution in [3.05, 3.63) is 60.1 Å². The zero-order valence-electron chi connectivity index (χ0n) is 15.0. The molecule has 2 aromatic heterocycles. The summed E-state index contributed by atoms with van der Waals surface area (Å²) in [6.45, 7) is 2.71. The summed E-state index contributed by atoms with van der Waals surface area (Å²) in [5.41, 5.74) is 2.88. The highest BCUT2D eigenvalue weighted by molar-refractivity contribution is 5.90. The third-order valence-corrected chi connectivity index (χ3v) is 4.94. The molecule has 1 aliphatic rings. The van der Waals surface area contributed by atoms with Gasteiger partial charge in [0.15, 0.2) is 0 Å². The molecule has 6 nitrogen and oxygen atoms in total. The molecule has 0 aliphatic carbocycles. The number of hydrogen-bond acceptors (Lipinski definition) is 3. The van der Waals surface area contributed by atoms with Gasteiger partial charge in [-0.05, 0) is 31.9 Å². The molecule has 0 bridgehead atoms.